The Balaban J connectivity index is 2.56. The Morgan fingerprint density at radius 3 is 2.72 bits per heavy atom. The van der Waals surface area contributed by atoms with Gasteiger partial charge in [0.1, 0.15) is 5.69 Å². The van der Waals surface area contributed by atoms with Gasteiger partial charge >= 0.3 is 5.97 Å². The average Bonchev–Trinajstić information content (AvgIpc) is 2.66. The molecule has 1 aromatic rings. The summed E-state index contributed by atoms with van der Waals surface area (Å²) in [6, 6.07) is 1.85. The Bertz CT molecular complexity index is 397. The van der Waals surface area contributed by atoms with Gasteiger partial charge in [0.2, 0.25) is 0 Å². The summed E-state index contributed by atoms with van der Waals surface area (Å²) in [4.78, 5) is 14.0. The first-order valence-corrected chi connectivity index (χ1v) is 6.21. The minimum absolute atomic E-state index is 0.187. The lowest BCUT2D eigenvalue weighted by molar-refractivity contribution is 0.0479. The molecule has 102 valence electrons. The van der Waals surface area contributed by atoms with E-state index in [4.69, 9.17) is 10.5 Å². The number of nitrogen functional groups attached to an aromatic ring is 1. The molecule has 18 heavy (non-hydrogen) atoms. The summed E-state index contributed by atoms with van der Waals surface area (Å²) < 4.78 is 7.08. The zero-order valence-corrected chi connectivity index (χ0v) is 11.6. The number of nitrogens with two attached hydrogens (primary N) is 1. The van der Waals surface area contributed by atoms with E-state index in [2.05, 4.69) is 4.90 Å². The number of hydrogen-bond acceptors (Lipinski definition) is 4. The average molecular weight is 253 g/mol. The van der Waals surface area contributed by atoms with E-state index in [1.165, 1.54) is 0 Å². The Morgan fingerprint density at radius 2 is 2.17 bits per heavy atom. The first-order valence-electron chi connectivity index (χ1n) is 6.21. The summed E-state index contributed by atoms with van der Waals surface area (Å²) >= 11 is 0. The molecule has 5 heteroatoms. The van der Waals surface area contributed by atoms with Crippen LogP contribution >= 0.6 is 0 Å². The van der Waals surface area contributed by atoms with Gasteiger partial charge in [-0.3, -0.25) is 0 Å². The van der Waals surface area contributed by atoms with Crippen molar-refractivity contribution in [1.82, 2.24) is 9.47 Å². The first-order chi connectivity index (χ1) is 8.41. The number of anilines is 1. The molecule has 2 N–H and O–H groups in total. The molecule has 0 aliphatic rings. The number of nitrogens with zero attached hydrogens (tertiary/aromatic N) is 2. The lowest BCUT2D eigenvalue weighted by atomic mass is 10.3. The third-order valence-electron chi connectivity index (χ3n) is 2.62. The van der Waals surface area contributed by atoms with Crippen molar-refractivity contribution in [2.24, 2.45) is 0 Å². The smallest absolute Gasteiger partial charge is 0.355 e. The van der Waals surface area contributed by atoms with Crippen LogP contribution in [0.3, 0.4) is 0 Å². The zero-order chi connectivity index (χ0) is 13.7. The van der Waals surface area contributed by atoms with Gasteiger partial charge in [0.25, 0.3) is 0 Å². The second-order valence-electron chi connectivity index (χ2n) is 4.95. The highest BCUT2D eigenvalue weighted by Crippen LogP contribution is 2.17. The van der Waals surface area contributed by atoms with Gasteiger partial charge in [0.05, 0.1) is 12.3 Å². The van der Waals surface area contributed by atoms with Crippen molar-refractivity contribution in [3.05, 3.63) is 18.0 Å². The molecule has 0 radical (unpaired) electrons. The highest BCUT2D eigenvalue weighted by atomic mass is 16.5. The summed E-state index contributed by atoms with van der Waals surface area (Å²) in [5.41, 5.74) is 6.82. The summed E-state index contributed by atoms with van der Waals surface area (Å²) in [6.07, 6.45) is 2.59. The van der Waals surface area contributed by atoms with Crippen LogP contribution in [0.4, 0.5) is 5.69 Å². The van der Waals surface area contributed by atoms with Gasteiger partial charge in [-0.2, -0.15) is 0 Å². The molecule has 0 fully saturated rings. The molecule has 1 aromatic heterocycles. The van der Waals surface area contributed by atoms with E-state index >= 15 is 0 Å². The van der Waals surface area contributed by atoms with Gasteiger partial charge in [-0.15, -0.1) is 0 Å². The number of esters is 1. The molecular formula is C13H23N3O2. The predicted molar refractivity (Wildman–Crippen MR) is 72.7 cm³/mol. The monoisotopic (exact) mass is 253 g/mol. The van der Waals surface area contributed by atoms with Gasteiger partial charge in [-0.1, -0.05) is 0 Å². The van der Waals surface area contributed by atoms with Crippen molar-refractivity contribution in [1.29, 1.82) is 0 Å². The SMILES string of the molecule is CC(C)n1cc(N)cc1C(=O)OCCCN(C)C. The zero-order valence-electron chi connectivity index (χ0n) is 11.6. The molecule has 1 rings (SSSR count). The van der Waals surface area contributed by atoms with Crippen molar-refractivity contribution in [3.8, 4) is 0 Å². The van der Waals surface area contributed by atoms with Crippen LogP contribution in [0.5, 0.6) is 0 Å². The summed E-state index contributed by atoms with van der Waals surface area (Å²) in [5.74, 6) is -0.306. The molecule has 0 amide bonds. The minimum Gasteiger partial charge on any atom is -0.461 e. The largest absolute Gasteiger partial charge is 0.461 e. The van der Waals surface area contributed by atoms with E-state index in [1.54, 1.807) is 12.3 Å². The Hall–Kier alpha value is -1.49. The maximum absolute atomic E-state index is 11.9. The van der Waals surface area contributed by atoms with Crippen molar-refractivity contribution >= 4 is 11.7 Å². The number of hydrogen-bond donors (Lipinski definition) is 1. The van der Waals surface area contributed by atoms with Crippen molar-refractivity contribution < 1.29 is 9.53 Å². The fourth-order valence-electron chi connectivity index (χ4n) is 1.71. The van der Waals surface area contributed by atoms with E-state index in [0.717, 1.165) is 13.0 Å². The second-order valence-corrected chi connectivity index (χ2v) is 4.95. The van der Waals surface area contributed by atoms with Crippen LogP contribution < -0.4 is 5.73 Å². The molecule has 0 aliphatic heterocycles. The fourth-order valence-corrected chi connectivity index (χ4v) is 1.71. The Kier molecular flexibility index (Phi) is 5.22. The van der Waals surface area contributed by atoms with E-state index in [1.807, 2.05) is 32.5 Å². The molecule has 0 atom stereocenters. The van der Waals surface area contributed by atoms with Crippen LogP contribution in [0.1, 0.15) is 36.8 Å². The first kappa shape index (κ1) is 14.6. The number of ether oxygens (including phenoxy) is 1. The molecule has 0 saturated heterocycles. The Labute approximate surface area is 109 Å². The molecule has 0 bridgehead atoms. The second kappa shape index (κ2) is 6.44. The Morgan fingerprint density at radius 1 is 1.50 bits per heavy atom. The maximum atomic E-state index is 11.9. The van der Waals surface area contributed by atoms with Crippen LogP contribution in [0, 0.1) is 0 Å². The molecule has 0 spiro atoms. The van der Waals surface area contributed by atoms with Crippen LogP contribution in [0.15, 0.2) is 12.3 Å². The quantitative estimate of drug-likeness (QED) is 0.620. The van der Waals surface area contributed by atoms with Crippen LogP contribution in [0.25, 0.3) is 0 Å². The van der Waals surface area contributed by atoms with E-state index in [9.17, 15) is 4.79 Å². The maximum Gasteiger partial charge on any atom is 0.355 e. The molecule has 0 aromatic carbocycles. The van der Waals surface area contributed by atoms with Crippen molar-refractivity contribution in [3.63, 3.8) is 0 Å². The van der Waals surface area contributed by atoms with E-state index in [0.29, 0.717) is 18.0 Å². The van der Waals surface area contributed by atoms with Crippen molar-refractivity contribution in [2.45, 2.75) is 26.3 Å². The van der Waals surface area contributed by atoms with E-state index in [-0.39, 0.29) is 12.0 Å². The van der Waals surface area contributed by atoms with Gasteiger partial charge < -0.3 is 19.9 Å². The van der Waals surface area contributed by atoms with Gasteiger partial charge in [0, 0.05) is 18.8 Å². The number of rotatable bonds is 6. The summed E-state index contributed by atoms with van der Waals surface area (Å²) in [5, 5.41) is 0. The highest BCUT2D eigenvalue weighted by molar-refractivity contribution is 5.89. The van der Waals surface area contributed by atoms with Crippen molar-refractivity contribution in [2.75, 3.05) is 33.0 Å². The lowest BCUT2D eigenvalue weighted by Gasteiger charge is -2.13. The highest BCUT2D eigenvalue weighted by Gasteiger charge is 2.15. The molecule has 5 nitrogen and oxygen atoms in total. The molecule has 1 heterocycles. The normalized spacial score (nSPS) is 11.2. The number of carbonyl (C=O) groups is 1. The molecule has 0 unspecified atom stereocenters. The lowest BCUT2D eigenvalue weighted by Crippen LogP contribution is -2.18. The summed E-state index contributed by atoms with van der Waals surface area (Å²) in [6.45, 7) is 5.34. The predicted octanol–water partition coefficient (Wildman–Crippen LogP) is 1.76. The van der Waals surface area contributed by atoms with Gasteiger partial charge in [-0.05, 0) is 40.4 Å². The fraction of sp³-hybridized carbons (Fsp3) is 0.615. The number of aromatic nitrogens is 1. The molecular weight excluding hydrogens is 230 g/mol. The van der Waals surface area contributed by atoms with E-state index < -0.39 is 0 Å². The molecule has 0 saturated carbocycles. The van der Waals surface area contributed by atoms with Crippen LogP contribution in [-0.2, 0) is 4.74 Å². The van der Waals surface area contributed by atoms with Gasteiger partial charge in [0.15, 0.2) is 0 Å². The third-order valence-corrected chi connectivity index (χ3v) is 2.62. The summed E-state index contributed by atoms with van der Waals surface area (Å²) in [7, 11) is 3.98. The van der Waals surface area contributed by atoms with Crippen LogP contribution in [-0.4, -0.2) is 42.7 Å². The van der Waals surface area contributed by atoms with Crippen LogP contribution in [0.2, 0.25) is 0 Å². The molecule has 0 aliphatic carbocycles. The topological polar surface area (TPSA) is 60.5 Å². The minimum atomic E-state index is -0.306. The number of carbonyl (C=O) groups excluding carboxylic acids is 1. The third kappa shape index (κ3) is 4.07. The van der Waals surface area contributed by atoms with Gasteiger partial charge in [-0.25, -0.2) is 4.79 Å². The standard InChI is InChI=1S/C13H23N3O2/c1-10(2)16-9-11(14)8-12(16)13(17)18-7-5-6-15(3)4/h8-10H,5-7,14H2,1-4H3.